The number of hydrogen-bond donors (Lipinski definition) is 1. The van der Waals surface area contributed by atoms with Crippen molar-refractivity contribution in [2.75, 3.05) is 7.05 Å². The van der Waals surface area contributed by atoms with Crippen LogP contribution in [0.2, 0.25) is 0 Å². The summed E-state index contributed by atoms with van der Waals surface area (Å²) in [7, 11) is 1.99. The third-order valence-corrected chi connectivity index (χ3v) is 4.00. The van der Waals surface area contributed by atoms with E-state index in [9.17, 15) is 0 Å². The Labute approximate surface area is 120 Å². The van der Waals surface area contributed by atoms with Gasteiger partial charge in [0.1, 0.15) is 0 Å². The molecule has 19 heavy (non-hydrogen) atoms. The molecule has 1 aromatic carbocycles. The van der Waals surface area contributed by atoms with Crippen LogP contribution in [-0.2, 0) is 6.42 Å². The van der Waals surface area contributed by atoms with Gasteiger partial charge in [-0.3, -0.25) is 0 Å². The van der Waals surface area contributed by atoms with Gasteiger partial charge in [0.25, 0.3) is 0 Å². The molecule has 1 fully saturated rings. The monoisotopic (exact) mass is 321 g/mol. The Bertz CT molecular complexity index is 565. The van der Waals surface area contributed by atoms with E-state index < -0.39 is 0 Å². The summed E-state index contributed by atoms with van der Waals surface area (Å²) in [4.78, 5) is 4.48. The standard InChI is InChI=1S/C14H16BrN3O/c1-16-12(9-5-6-9)8-13-17-14(18-19-13)10-3-2-4-11(15)7-10/h2-4,7,9,12,16H,5-6,8H2,1H3. The molecule has 4 nitrogen and oxygen atoms in total. The van der Waals surface area contributed by atoms with Gasteiger partial charge in [0.15, 0.2) is 0 Å². The van der Waals surface area contributed by atoms with Crippen molar-refractivity contribution in [2.45, 2.75) is 25.3 Å². The minimum atomic E-state index is 0.454. The zero-order valence-corrected chi connectivity index (χ0v) is 12.4. The van der Waals surface area contributed by atoms with Crippen molar-refractivity contribution in [1.82, 2.24) is 15.5 Å². The van der Waals surface area contributed by atoms with E-state index in [1.165, 1.54) is 12.8 Å². The summed E-state index contributed by atoms with van der Waals surface area (Å²) in [6, 6.07) is 8.38. The summed E-state index contributed by atoms with van der Waals surface area (Å²) in [5, 5.41) is 7.40. The van der Waals surface area contributed by atoms with Crippen LogP contribution < -0.4 is 5.32 Å². The van der Waals surface area contributed by atoms with Crippen molar-refractivity contribution >= 4 is 15.9 Å². The van der Waals surface area contributed by atoms with E-state index in [2.05, 4.69) is 31.4 Å². The van der Waals surface area contributed by atoms with Gasteiger partial charge in [0.2, 0.25) is 11.7 Å². The zero-order chi connectivity index (χ0) is 13.2. The van der Waals surface area contributed by atoms with E-state index >= 15 is 0 Å². The lowest BCUT2D eigenvalue weighted by atomic mass is 10.1. The molecule has 1 heterocycles. The van der Waals surface area contributed by atoms with Crippen LogP contribution in [0.5, 0.6) is 0 Å². The fourth-order valence-corrected chi connectivity index (χ4v) is 2.67. The molecule has 5 heteroatoms. The number of likely N-dealkylation sites (N-methyl/N-ethyl adjacent to an activating group) is 1. The average Bonchev–Trinajstić information content (AvgIpc) is 3.15. The van der Waals surface area contributed by atoms with Gasteiger partial charge in [-0.05, 0) is 37.9 Å². The van der Waals surface area contributed by atoms with E-state index in [0.717, 1.165) is 22.4 Å². The van der Waals surface area contributed by atoms with Gasteiger partial charge in [-0.1, -0.05) is 33.2 Å². The molecule has 1 aromatic heterocycles. The van der Waals surface area contributed by atoms with E-state index in [1.54, 1.807) is 0 Å². The average molecular weight is 322 g/mol. The number of rotatable bonds is 5. The molecule has 0 spiro atoms. The van der Waals surface area contributed by atoms with Gasteiger partial charge in [-0.25, -0.2) is 0 Å². The Morgan fingerprint density at radius 1 is 1.47 bits per heavy atom. The Morgan fingerprint density at radius 3 is 3.00 bits per heavy atom. The van der Waals surface area contributed by atoms with Gasteiger partial charge in [0.05, 0.1) is 0 Å². The van der Waals surface area contributed by atoms with E-state index in [1.807, 2.05) is 31.3 Å². The van der Waals surface area contributed by atoms with E-state index in [0.29, 0.717) is 17.8 Å². The van der Waals surface area contributed by atoms with Crippen molar-refractivity contribution in [1.29, 1.82) is 0 Å². The number of halogens is 1. The topological polar surface area (TPSA) is 51.0 Å². The number of aromatic nitrogens is 2. The van der Waals surface area contributed by atoms with Crippen molar-refractivity contribution in [3.05, 3.63) is 34.6 Å². The van der Waals surface area contributed by atoms with E-state index in [4.69, 9.17) is 4.52 Å². The fourth-order valence-electron chi connectivity index (χ4n) is 2.27. The highest BCUT2D eigenvalue weighted by Gasteiger charge is 2.31. The number of hydrogen-bond acceptors (Lipinski definition) is 4. The van der Waals surface area contributed by atoms with Crippen LogP contribution in [0.1, 0.15) is 18.7 Å². The Hall–Kier alpha value is -1.20. The first-order chi connectivity index (χ1) is 9.26. The first-order valence-electron chi connectivity index (χ1n) is 6.52. The maximum absolute atomic E-state index is 5.35. The predicted molar refractivity (Wildman–Crippen MR) is 76.7 cm³/mol. The Kier molecular flexibility index (Phi) is 3.66. The van der Waals surface area contributed by atoms with Crippen LogP contribution in [0, 0.1) is 5.92 Å². The lowest BCUT2D eigenvalue weighted by Crippen LogP contribution is -2.29. The lowest BCUT2D eigenvalue weighted by Gasteiger charge is -2.11. The molecule has 1 aliphatic carbocycles. The fraction of sp³-hybridized carbons (Fsp3) is 0.429. The Balaban J connectivity index is 1.75. The molecule has 1 saturated carbocycles. The van der Waals surface area contributed by atoms with Crippen LogP contribution in [0.3, 0.4) is 0 Å². The summed E-state index contributed by atoms with van der Waals surface area (Å²) in [5.74, 6) is 2.13. The quantitative estimate of drug-likeness (QED) is 0.919. The third kappa shape index (κ3) is 3.04. The second-order valence-electron chi connectivity index (χ2n) is 4.96. The van der Waals surface area contributed by atoms with E-state index in [-0.39, 0.29) is 0 Å². The first-order valence-corrected chi connectivity index (χ1v) is 7.31. The molecule has 2 aromatic rings. The zero-order valence-electron chi connectivity index (χ0n) is 10.8. The second kappa shape index (κ2) is 5.43. The van der Waals surface area contributed by atoms with Crippen molar-refractivity contribution in [3.63, 3.8) is 0 Å². The second-order valence-corrected chi connectivity index (χ2v) is 5.87. The van der Waals surface area contributed by atoms with Gasteiger partial charge in [-0.15, -0.1) is 0 Å². The third-order valence-electron chi connectivity index (χ3n) is 3.51. The van der Waals surface area contributed by atoms with Gasteiger partial charge < -0.3 is 9.84 Å². The first kappa shape index (κ1) is 12.8. The summed E-state index contributed by atoms with van der Waals surface area (Å²) in [6.45, 7) is 0. The molecule has 1 atom stereocenters. The van der Waals surface area contributed by atoms with Crippen LogP contribution >= 0.6 is 15.9 Å². The normalized spacial score (nSPS) is 16.5. The molecule has 3 rings (SSSR count). The molecule has 0 amide bonds. The minimum absolute atomic E-state index is 0.454. The summed E-state index contributed by atoms with van der Waals surface area (Å²) >= 11 is 3.45. The molecule has 1 N–H and O–H groups in total. The minimum Gasteiger partial charge on any atom is -0.339 e. The van der Waals surface area contributed by atoms with Crippen LogP contribution in [0.4, 0.5) is 0 Å². The number of nitrogens with one attached hydrogen (secondary N) is 1. The van der Waals surface area contributed by atoms with Gasteiger partial charge in [0, 0.05) is 22.5 Å². The maximum Gasteiger partial charge on any atom is 0.228 e. The molecule has 0 saturated heterocycles. The lowest BCUT2D eigenvalue weighted by molar-refractivity contribution is 0.352. The number of nitrogens with zero attached hydrogens (tertiary/aromatic N) is 2. The highest BCUT2D eigenvalue weighted by atomic mass is 79.9. The molecule has 1 aliphatic rings. The highest BCUT2D eigenvalue weighted by Crippen LogP contribution is 2.33. The molecule has 0 aliphatic heterocycles. The van der Waals surface area contributed by atoms with Crippen LogP contribution in [-0.4, -0.2) is 23.2 Å². The maximum atomic E-state index is 5.35. The largest absolute Gasteiger partial charge is 0.339 e. The smallest absolute Gasteiger partial charge is 0.228 e. The van der Waals surface area contributed by atoms with Crippen molar-refractivity contribution in [2.24, 2.45) is 5.92 Å². The van der Waals surface area contributed by atoms with Crippen LogP contribution in [0.25, 0.3) is 11.4 Å². The van der Waals surface area contributed by atoms with Crippen molar-refractivity contribution < 1.29 is 4.52 Å². The molecule has 0 bridgehead atoms. The highest BCUT2D eigenvalue weighted by molar-refractivity contribution is 9.10. The summed E-state index contributed by atoms with van der Waals surface area (Å²) in [6.07, 6.45) is 3.42. The van der Waals surface area contributed by atoms with Gasteiger partial charge in [-0.2, -0.15) is 4.98 Å². The van der Waals surface area contributed by atoms with Crippen LogP contribution in [0.15, 0.2) is 33.3 Å². The molecule has 100 valence electrons. The van der Waals surface area contributed by atoms with Gasteiger partial charge >= 0.3 is 0 Å². The summed E-state index contributed by atoms with van der Waals surface area (Å²) in [5.41, 5.74) is 0.969. The van der Waals surface area contributed by atoms with Crippen molar-refractivity contribution in [3.8, 4) is 11.4 Å². The molecule has 0 radical (unpaired) electrons. The number of benzene rings is 1. The summed E-state index contributed by atoms with van der Waals surface area (Å²) < 4.78 is 6.37. The Morgan fingerprint density at radius 2 is 2.32 bits per heavy atom. The SMILES string of the molecule is CNC(Cc1nc(-c2cccc(Br)c2)no1)C1CC1. The molecular weight excluding hydrogens is 306 g/mol. The molecule has 1 unspecified atom stereocenters. The predicted octanol–water partition coefficient (Wildman–Crippen LogP) is 3.04. The molecular formula is C14H16BrN3O.